The van der Waals surface area contributed by atoms with Crippen LogP contribution in [0, 0.1) is 5.82 Å². The zero-order valence-corrected chi connectivity index (χ0v) is 9.84. The van der Waals surface area contributed by atoms with E-state index in [0.29, 0.717) is 5.75 Å². The monoisotopic (exact) mass is 273 g/mol. The summed E-state index contributed by atoms with van der Waals surface area (Å²) in [6.07, 6.45) is 1.31. The van der Waals surface area contributed by atoms with Crippen LogP contribution in [-0.2, 0) is 0 Å². The predicted molar refractivity (Wildman–Crippen MR) is 62.9 cm³/mol. The summed E-state index contributed by atoms with van der Waals surface area (Å²) in [5, 5.41) is 0.139. The minimum Gasteiger partial charge on any atom is -0.437 e. The maximum Gasteiger partial charge on any atom is 0.243 e. The maximum absolute atomic E-state index is 12.9. The minimum atomic E-state index is -0.535. The average molecular weight is 274 g/mol. The molecule has 0 atom stereocenters. The van der Waals surface area contributed by atoms with Crippen molar-refractivity contribution in [3.05, 3.63) is 40.3 Å². The Hall–Kier alpha value is -1.59. The van der Waals surface area contributed by atoms with Gasteiger partial charge in [-0.25, -0.2) is 9.37 Å². The van der Waals surface area contributed by atoms with Gasteiger partial charge in [-0.3, -0.25) is 0 Å². The molecule has 7 heteroatoms. The Balaban J connectivity index is 2.31. The van der Waals surface area contributed by atoms with E-state index in [4.69, 9.17) is 33.7 Å². The lowest BCUT2D eigenvalue weighted by Gasteiger charge is -2.06. The zero-order valence-electron chi connectivity index (χ0n) is 8.32. The number of nitrogen functional groups attached to an aromatic ring is 1. The van der Waals surface area contributed by atoms with Gasteiger partial charge in [0, 0.05) is 6.07 Å². The number of benzene rings is 1. The number of aromatic nitrogens is 2. The van der Waals surface area contributed by atoms with E-state index in [-0.39, 0.29) is 21.9 Å². The van der Waals surface area contributed by atoms with Gasteiger partial charge in [0.15, 0.2) is 0 Å². The predicted octanol–water partition coefficient (Wildman–Crippen LogP) is 3.30. The largest absolute Gasteiger partial charge is 0.437 e. The summed E-state index contributed by atoms with van der Waals surface area (Å²) in [6, 6.07) is 3.89. The van der Waals surface area contributed by atoms with Crippen LogP contribution in [0.3, 0.4) is 0 Å². The number of halogens is 3. The summed E-state index contributed by atoms with van der Waals surface area (Å²) in [5.74, 6) is -0.122. The molecular weight excluding hydrogens is 268 g/mol. The van der Waals surface area contributed by atoms with Crippen LogP contribution in [0.2, 0.25) is 10.0 Å². The van der Waals surface area contributed by atoms with Crippen molar-refractivity contribution < 1.29 is 9.13 Å². The first kappa shape index (κ1) is 11.9. The van der Waals surface area contributed by atoms with Crippen LogP contribution in [0.15, 0.2) is 24.4 Å². The van der Waals surface area contributed by atoms with Crippen LogP contribution >= 0.6 is 23.2 Å². The van der Waals surface area contributed by atoms with Gasteiger partial charge in [-0.2, -0.15) is 4.98 Å². The van der Waals surface area contributed by atoms with Gasteiger partial charge in [0.05, 0.1) is 11.2 Å². The number of nitrogens with zero attached hydrogens (tertiary/aromatic N) is 2. The standard InChI is InChI=1S/C10H6Cl2FN3O/c11-6-3-5(1-2-8(6)13)17-9-7(12)4-15-10(14)16-9/h1-4H,(H2,14,15,16). The number of anilines is 1. The van der Waals surface area contributed by atoms with E-state index in [1.54, 1.807) is 0 Å². The molecule has 2 rings (SSSR count). The minimum absolute atomic E-state index is 0.0256. The first-order chi connectivity index (χ1) is 8.06. The molecule has 0 aliphatic carbocycles. The quantitative estimate of drug-likeness (QED) is 0.912. The number of rotatable bonds is 2. The molecule has 0 aliphatic rings. The van der Waals surface area contributed by atoms with Gasteiger partial charge < -0.3 is 10.5 Å². The van der Waals surface area contributed by atoms with Gasteiger partial charge in [-0.1, -0.05) is 23.2 Å². The summed E-state index contributed by atoms with van der Waals surface area (Å²) in [6.45, 7) is 0. The molecule has 2 aromatic rings. The first-order valence-electron chi connectivity index (χ1n) is 4.47. The number of hydrogen-bond acceptors (Lipinski definition) is 4. The van der Waals surface area contributed by atoms with Crippen molar-refractivity contribution >= 4 is 29.2 Å². The average Bonchev–Trinajstić information content (AvgIpc) is 2.29. The summed E-state index contributed by atoms with van der Waals surface area (Å²) in [4.78, 5) is 7.48. The Morgan fingerprint density at radius 1 is 1.24 bits per heavy atom. The molecule has 0 saturated carbocycles. The van der Waals surface area contributed by atoms with Crippen molar-refractivity contribution in [2.24, 2.45) is 0 Å². The van der Waals surface area contributed by atoms with Gasteiger partial charge in [0.1, 0.15) is 16.6 Å². The molecule has 0 saturated heterocycles. The molecule has 4 nitrogen and oxygen atoms in total. The molecule has 17 heavy (non-hydrogen) atoms. The SMILES string of the molecule is Nc1ncc(Cl)c(Oc2ccc(F)c(Cl)c2)n1. The highest BCUT2D eigenvalue weighted by Crippen LogP contribution is 2.29. The van der Waals surface area contributed by atoms with Gasteiger partial charge in [0.2, 0.25) is 11.8 Å². The summed E-state index contributed by atoms with van der Waals surface area (Å²) >= 11 is 11.4. The van der Waals surface area contributed by atoms with Crippen LogP contribution in [0.1, 0.15) is 0 Å². The van der Waals surface area contributed by atoms with E-state index in [9.17, 15) is 4.39 Å². The Morgan fingerprint density at radius 2 is 2.00 bits per heavy atom. The van der Waals surface area contributed by atoms with E-state index in [2.05, 4.69) is 9.97 Å². The molecule has 0 radical (unpaired) electrons. The third kappa shape index (κ3) is 2.75. The Bertz CT molecular complexity index is 565. The van der Waals surface area contributed by atoms with E-state index < -0.39 is 5.82 Å². The highest BCUT2D eigenvalue weighted by molar-refractivity contribution is 6.31. The lowest BCUT2D eigenvalue weighted by atomic mass is 10.3. The molecular formula is C10H6Cl2FN3O. The number of nitrogens with two attached hydrogens (primary N) is 1. The second-order valence-corrected chi connectivity index (χ2v) is 3.87. The molecule has 2 N–H and O–H groups in total. The first-order valence-corrected chi connectivity index (χ1v) is 5.23. The van der Waals surface area contributed by atoms with Gasteiger partial charge in [0.25, 0.3) is 0 Å². The topological polar surface area (TPSA) is 61.0 Å². The highest BCUT2D eigenvalue weighted by Gasteiger charge is 2.08. The van der Waals surface area contributed by atoms with Crippen LogP contribution in [-0.4, -0.2) is 9.97 Å². The van der Waals surface area contributed by atoms with Crippen molar-refractivity contribution in [2.45, 2.75) is 0 Å². The van der Waals surface area contributed by atoms with E-state index in [1.807, 2.05) is 0 Å². The number of ether oxygens (including phenoxy) is 1. The highest BCUT2D eigenvalue weighted by atomic mass is 35.5. The Labute approximate surface area is 106 Å². The number of hydrogen-bond donors (Lipinski definition) is 1. The summed E-state index contributed by atoms with van der Waals surface area (Å²) < 4.78 is 18.2. The molecule has 0 amide bonds. The van der Waals surface area contributed by atoms with Crippen LogP contribution in [0.25, 0.3) is 0 Å². The second kappa shape index (κ2) is 4.73. The molecule has 1 aromatic heterocycles. The fourth-order valence-electron chi connectivity index (χ4n) is 1.09. The molecule has 88 valence electrons. The molecule has 0 bridgehead atoms. The fourth-order valence-corrected chi connectivity index (χ4v) is 1.39. The summed E-state index contributed by atoms with van der Waals surface area (Å²) in [5.41, 5.74) is 5.39. The third-order valence-electron chi connectivity index (χ3n) is 1.84. The third-order valence-corrected chi connectivity index (χ3v) is 2.39. The lowest BCUT2D eigenvalue weighted by Crippen LogP contribution is -1.97. The van der Waals surface area contributed by atoms with E-state index >= 15 is 0 Å². The Kier molecular flexibility index (Phi) is 3.31. The molecule has 0 unspecified atom stereocenters. The maximum atomic E-state index is 12.9. The van der Waals surface area contributed by atoms with E-state index in [1.165, 1.54) is 24.4 Å². The molecule has 1 heterocycles. The molecule has 0 aliphatic heterocycles. The van der Waals surface area contributed by atoms with Gasteiger partial charge >= 0.3 is 0 Å². The van der Waals surface area contributed by atoms with Crippen molar-refractivity contribution in [1.82, 2.24) is 9.97 Å². The lowest BCUT2D eigenvalue weighted by molar-refractivity contribution is 0.461. The van der Waals surface area contributed by atoms with Crippen LogP contribution in [0.4, 0.5) is 10.3 Å². The molecule has 1 aromatic carbocycles. The van der Waals surface area contributed by atoms with Crippen molar-refractivity contribution in [3.63, 3.8) is 0 Å². The summed E-state index contributed by atoms with van der Waals surface area (Å²) in [7, 11) is 0. The normalized spacial score (nSPS) is 10.3. The zero-order chi connectivity index (χ0) is 12.4. The smallest absolute Gasteiger partial charge is 0.243 e. The second-order valence-electron chi connectivity index (χ2n) is 3.06. The fraction of sp³-hybridized carbons (Fsp3) is 0. The molecule has 0 fully saturated rings. The van der Waals surface area contributed by atoms with Gasteiger partial charge in [-0.15, -0.1) is 0 Å². The van der Waals surface area contributed by atoms with Crippen molar-refractivity contribution in [1.29, 1.82) is 0 Å². The van der Waals surface area contributed by atoms with Crippen molar-refractivity contribution in [3.8, 4) is 11.6 Å². The van der Waals surface area contributed by atoms with Crippen molar-refractivity contribution in [2.75, 3.05) is 5.73 Å². The van der Waals surface area contributed by atoms with Gasteiger partial charge in [-0.05, 0) is 12.1 Å². The molecule has 0 spiro atoms. The Morgan fingerprint density at radius 3 is 2.71 bits per heavy atom. The van der Waals surface area contributed by atoms with Crippen LogP contribution < -0.4 is 10.5 Å². The van der Waals surface area contributed by atoms with Crippen LogP contribution in [0.5, 0.6) is 11.6 Å². The van der Waals surface area contributed by atoms with E-state index in [0.717, 1.165) is 0 Å².